The summed E-state index contributed by atoms with van der Waals surface area (Å²) in [4.78, 5) is 3.92. The fourth-order valence-corrected chi connectivity index (χ4v) is 1.31. The van der Waals surface area contributed by atoms with Crippen LogP contribution in [-0.2, 0) is 0 Å². The van der Waals surface area contributed by atoms with Gasteiger partial charge in [0.1, 0.15) is 0 Å². The zero-order chi connectivity index (χ0) is 11.4. The van der Waals surface area contributed by atoms with Crippen LogP contribution in [0.25, 0.3) is 12.2 Å². The van der Waals surface area contributed by atoms with Crippen LogP contribution in [-0.4, -0.2) is 15.2 Å². The first-order valence-electron chi connectivity index (χ1n) is 4.86. The van der Waals surface area contributed by atoms with Gasteiger partial charge in [-0.1, -0.05) is 18.2 Å². The van der Waals surface area contributed by atoms with Crippen LogP contribution in [0.5, 0.6) is 11.5 Å². The average molecular weight is 213 g/mol. The van der Waals surface area contributed by atoms with Crippen LogP contribution in [0.2, 0.25) is 0 Å². The quantitative estimate of drug-likeness (QED) is 0.754. The fraction of sp³-hybridized carbons (Fsp3) is 0. The highest BCUT2D eigenvalue weighted by Crippen LogP contribution is 2.25. The molecule has 0 saturated heterocycles. The van der Waals surface area contributed by atoms with Crippen LogP contribution in [0, 0.1) is 0 Å². The summed E-state index contributed by atoms with van der Waals surface area (Å²) in [6.07, 6.45) is 7.20. The van der Waals surface area contributed by atoms with Crippen molar-refractivity contribution in [2.45, 2.75) is 0 Å². The molecule has 1 aromatic carbocycles. The third kappa shape index (κ3) is 2.39. The van der Waals surface area contributed by atoms with Crippen LogP contribution in [0.1, 0.15) is 11.1 Å². The third-order valence-electron chi connectivity index (χ3n) is 2.17. The Morgan fingerprint density at radius 3 is 2.19 bits per heavy atom. The Morgan fingerprint density at radius 1 is 0.812 bits per heavy atom. The second kappa shape index (κ2) is 4.49. The average Bonchev–Trinajstić information content (AvgIpc) is 2.32. The van der Waals surface area contributed by atoms with Crippen molar-refractivity contribution in [1.82, 2.24) is 4.98 Å². The Morgan fingerprint density at radius 2 is 1.50 bits per heavy atom. The molecule has 16 heavy (non-hydrogen) atoms. The number of rotatable bonds is 2. The predicted molar refractivity (Wildman–Crippen MR) is 62.9 cm³/mol. The zero-order valence-electron chi connectivity index (χ0n) is 8.54. The van der Waals surface area contributed by atoms with E-state index in [9.17, 15) is 5.11 Å². The summed E-state index contributed by atoms with van der Waals surface area (Å²) in [6, 6.07) is 8.47. The van der Waals surface area contributed by atoms with Gasteiger partial charge in [-0.25, -0.2) is 0 Å². The van der Waals surface area contributed by atoms with Crippen LogP contribution >= 0.6 is 0 Å². The molecule has 80 valence electrons. The molecular formula is C13H11NO2. The number of benzene rings is 1. The lowest BCUT2D eigenvalue weighted by molar-refractivity contribution is 0.403. The molecule has 0 amide bonds. The van der Waals surface area contributed by atoms with Gasteiger partial charge < -0.3 is 10.2 Å². The first-order chi connectivity index (χ1) is 7.75. The van der Waals surface area contributed by atoms with E-state index in [1.165, 1.54) is 12.1 Å². The monoisotopic (exact) mass is 213 g/mol. The highest BCUT2D eigenvalue weighted by atomic mass is 16.3. The van der Waals surface area contributed by atoms with Gasteiger partial charge in [-0.3, -0.25) is 4.98 Å². The maximum atomic E-state index is 9.30. The maximum absolute atomic E-state index is 9.30. The topological polar surface area (TPSA) is 53.4 Å². The number of hydrogen-bond donors (Lipinski definition) is 2. The summed E-state index contributed by atoms with van der Waals surface area (Å²) in [5.74, 6) is -0.224. The van der Waals surface area contributed by atoms with Gasteiger partial charge >= 0.3 is 0 Å². The van der Waals surface area contributed by atoms with Gasteiger partial charge in [-0.2, -0.15) is 0 Å². The van der Waals surface area contributed by atoms with Gasteiger partial charge in [0.25, 0.3) is 0 Å². The number of hydrogen-bond acceptors (Lipinski definition) is 3. The molecule has 0 fully saturated rings. The van der Waals surface area contributed by atoms with E-state index in [4.69, 9.17) is 5.11 Å². The van der Waals surface area contributed by atoms with Crippen molar-refractivity contribution in [3.8, 4) is 11.5 Å². The van der Waals surface area contributed by atoms with E-state index in [2.05, 4.69) is 4.98 Å². The molecule has 0 aliphatic heterocycles. The lowest BCUT2D eigenvalue weighted by Gasteiger charge is -1.98. The fourth-order valence-electron chi connectivity index (χ4n) is 1.31. The summed E-state index contributed by atoms with van der Waals surface area (Å²) in [6.45, 7) is 0. The lowest BCUT2D eigenvalue weighted by atomic mass is 10.1. The molecule has 0 aliphatic carbocycles. The molecule has 1 aromatic heterocycles. The van der Waals surface area contributed by atoms with E-state index in [1.807, 2.05) is 24.3 Å². The van der Waals surface area contributed by atoms with Crippen LogP contribution in [0.15, 0.2) is 42.7 Å². The SMILES string of the molecule is Oc1ccc(/C=C/c2ccncc2)cc1O. The van der Waals surface area contributed by atoms with Gasteiger partial charge in [-0.05, 0) is 35.4 Å². The first-order valence-corrected chi connectivity index (χ1v) is 4.86. The lowest BCUT2D eigenvalue weighted by Crippen LogP contribution is -1.75. The van der Waals surface area contributed by atoms with E-state index in [0.29, 0.717) is 0 Å². The Labute approximate surface area is 93.3 Å². The minimum Gasteiger partial charge on any atom is -0.504 e. The summed E-state index contributed by atoms with van der Waals surface area (Å²) in [7, 11) is 0. The van der Waals surface area contributed by atoms with E-state index >= 15 is 0 Å². The van der Waals surface area contributed by atoms with E-state index in [-0.39, 0.29) is 11.5 Å². The summed E-state index contributed by atoms with van der Waals surface area (Å²) < 4.78 is 0. The smallest absolute Gasteiger partial charge is 0.157 e. The molecule has 3 nitrogen and oxygen atoms in total. The van der Waals surface area contributed by atoms with E-state index in [0.717, 1.165) is 11.1 Å². The van der Waals surface area contributed by atoms with Gasteiger partial charge in [0, 0.05) is 12.4 Å². The molecule has 1 heterocycles. The second-order valence-electron chi connectivity index (χ2n) is 3.36. The highest BCUT2D eigenvalue weighted by molar-refractivity contribution is 5.70. The van der Waals surface area contributed by atoms with Crippen molar-refractivity contribution < 1.29 is 10.2 Å². The molecule has 0 bridgehead atoms. The molecule has 0 aliphatic rings. The number of nitrogens with zero attached hydrogens (tertiary/aromatic N) is 1. The largest absolute Gasteiger partial charge is 0.504 e. The third-order valence-corrected chi connectivity index (χ3v) is 2.17. The predicted octanol–water partition coefficient (Wildman–Crippen LogP) is 2.66. The van der Waals surface area contributed by atoms with Gasteiger partial charge in [0.2, 0.25) is 0 Å². The highest BCUT2D eigenvalue weighted by Gasteiger charge is 1.97. The van der Waals surface area contributed by atoms with Crippen molar-refractivity contribution >= 4 is 12.2 Å². The van der Waals surface area contributed by atoms with E-state index < -0.39 is 0 Å². The number of phenolic OH excluding ortho intramolecular Hbond substituents is 2. The number of phenols is 2. The van der Waals surface area contributed by atoms with Crippen molar-refractivity contribution in [2.75, 3.05) is 0 Å². The van der Waals surface area contributed by atoms with Crippen LogP contribution in [0.3, 0.4) is 0 Å². The molecule has 2 rings (SSSR count). The molecule has 0 unspecified atom stereocenters. The van der Waals surface area contributed by atoms with Crippen LogP contribution in [0.4, 0.5) is 0 Å². The standard InChI is InChI=1S/C13H11NO2/c15-12-4-3-11(9-13(12)16)2-1-10-5-7-14-8-6-10/h1-9,15-16H/b2-1+. The molecule has 2 N–H and O–H groups in total. The van der Waals surface area contributed by atoms with Gasteiger partial charge in [0.05, 0.1) is 0 Å². The van der Waals surface area contributed by atoms with Crippen LogP contribution < -0.4 is 0 Å². The second-order valence-corrected chi connectivity index (χ2v) is 3.36. The normalized spacial score (nSPS) is 10.8. The molecule has 0 radical (unpaired) electrons. The number of aromatic hydroxyl groups is 2. The molecule has 0 atom stereocenters. The molecule has 3 heteroatoms. The van der Waals surface area contributed by atoms with Crippen molar-refractivity contribution in [2.24, 2.45) is 0 Å². The minimum atomic E-state index is -0.114. The van der Waals surface area contributed by atoms with Gasteiger partial charge in [0.15, 0.2) is 11.5 Å². The Hall–Kier alpha value is -2.29. The molecular weight excluding hydrogens is 202 g/mol. The summed E-state index contributed by atoms with van der Waals surface area (Å²) >= 11 is 0. The first kappa shape index (κ1) is 10.2. The van der Waals surface area contributed by atoms with E-state index in [1.54, 1.807) is 18.5 Å². The number of pyridine rings is 1. The Kier molecular flexibility index (Phi) is 2.87. The summed E-state index contributed by atoms with van der Waals surface area (Å²) in [5.41, 5.74) is 1.86. The molecule has 0 saturated carbocycles. The number of aromatic nitrogens is 1. The molecule has 0 spiro atoms. The van der Waals surface area contributed by atoms with Crippen molar-refractivity contribution in [3.05, 3.63) is 53.9 Å². The Balaban J connectivity index is 2.21. The summed E-state index contributed by atoms with van der Waals surface area (Å²) in [5, 5.41) is 18.5. The zero-order valence-corrected chi connectivity index (χ0v) is 8.54. The molecule has 2 aromatic rings. The van der Waals surface area contributed by atoms with Crippen molar-refractivity contribution in [3.63, 3.8) is 0 Å². The maximum Gasteiger partial charge on any atom is 0.157 e. The Bertz CT molecular complexity index is 507. The minimum absolute atomic E-state index is 0.110. The van der Waals surface area contributed by atoms with Crippen molar-refractivity contribution in [1.29, 1.82) is 0 Å². The van der Waals surface area contributed by atoms with Gasteiger partial charge in [-0.15, -0.1) is 0 Å².